The number of rotatable bonds is 8. The Bertz CT molecular complexity index is 1670. The van der Waals surface area contributed by atoms with E-state index in [0.29, 0.717) is 29.8 Å². The van der Waals surface area contributed by atoms with Gasteiger partial charge in [-0.2, -0.15) is 18.3 Å². The average molecular weight is 594 g/mol. The summed E-state index contributed by atoms with van der Waals surface area (Å²) in [5.74, 6) is -0.842. The molecule has 1 aliphatic heterocycles. The van der Waals surface area contributed by atoms with Crippen molar-refractivity contribution in [2.75, 3.05) is 25.4 Å². The number of aromatic nitrogens is 4. The predicted molar refractivity (Wildman–Crippen MR) is 154 cm³/mol. The van der Waals surface area contributed by atoms with Gasteiger partial charge in [0.2, 0.25) is 5.91 Å². The molecule has 4 aromatic rings. The fraction of sp³-hybridized carbons (Fsp3) is 0.300. The highest BCUT2D eigenvalue weighted by atomic mass is 19.4. The van der Waals surface area contributed by atoms with Gasteiger partial charge >= 0.3 is 6.18 Å². The zero-order chi connectivity index (χ0) is 30.7. The van der Waals surface area contributed by atoms with Crippen molar-refractivity contribution in [2.45, 2.75) is 38.5 Å². The molecule has 224 valence electrons. The van der Waals surface area contributed by atoms with Gasteiger partial charge in [0.1, 0.15) is 23.6 Å². The van der Waals surface area contributed by atoms with Gasteiger partial charge in [0.15, 0.2) is 5.65 Å². The zero-order valence-corrected chi connectivity index (χ0v) is 23.4. The number of halogens is 3. The number of nitrogen functional groups attached to an aromatic ring is 1. The Balaban J connectivity index is 1.35. The van der Waals surface area contributed by atoms with Crippen molar-refractivity contribution >= 4 is 28.7 Å². The number of nitrogens with two attached hydrogens (primary N) is 1. The van der Waals surface area contributed by atoms with Crippen LogP contribution in [0.5, 0.6) is 5.75 Å². The maximum Gasteiger partial charge on any atom is 0.419 e. The molecule has 0 spiro atoms. The summed E-state index contributed by atoms with van der Waals surface area (Å²) < 4.78 is 47.3. The quantitative estimate of drug-likeness (QED) is 0.282. The molecule has 0 bridgehead atoms. The molecule has 1 saturated heterocycles. The second kappa shape index (κ2) is 12.1. The number of piperidine rings is 1. The van der Waals surface area contributed by atoms with Crippen LogP contribution < -0.4 is 15.8 Å². The number of amides is 2. The van der Waals surface area contributed by atoms with E-state index < -0.39 is 17.6 Å². The molecule has 43 heavy (non-hydrogen) atoms. The SMILES string of the molecule is C=CC(=O)N1CCCC(n2nc(-c3ccc(CNC(=O)c4ccc(OCC)c(C(F)(F)F)c4)cc3)c3c(N)ncnc32)C1. The number of likely N-dealkylation sites (tertiary alicyclic amines) is 1. The summed E-state index contributed by atoms with van der Waals surface area (Å²) in [6, 6.07) is 10.3. The molecule has 2 amide bonds. The Morgan fingerprint density at radius 2 is 1.95 bits per heavy atom. The molecule has 1 aliphatic rings. The number of ether oxygens (including phenoxy) is 1. The molecule has 2 aromatic heterocycles. The summed E-state index contributed by atoms with van der Waals surface area (Å²) in [6.45, 7) is 6.43. The number of alkyl halides is 3. The largest absolute Gasteiger partial charge is 0.493 e. The number of nitrogens with zero attached hydrogens (tertiary/aromatic N) is 5. The first-order valence-electron chi connectivity index (χ1n) is 13.7. The van der Waals surface area contributed by atoms with Crippen LogP contribution in [-0.2, 0) is 17.5 Å². The Morgan fingerprint density at radius 3 is 2.65 bits per heavy atom. The summed E-state index contributed by atoms with van der Waals surface area (Å²) in [4.78, 5) is 35.3. The van der Waals surface area contributed by atoms with E-state index in [9.17, 15) is 22.8 Å². The molecule has 5 rings (SSSR count). The minimum Gasteiger partial charge on any atom is -0.493 e. The lowest BCUT2D eigenvalue weighted by atomic mass is 10.1. The Labute approximate surface area is 245 Å². The number of nitrogens with one attached hydrogen (secondary N) is 1. The number of carbonyl (C=O) groups is 2. The van der Waals surface area contributed by atoms with Crippen LogP contribution in [0.4, 0.5) is 19.0 Å². The molecule has 2 aromatic carbocycles. The van der Waals surface area contributed by atoms with E-state index in [-0.39, 0.29) is 42.2 Å². The van der Waals surface area contributed by atoms with E-state index in [1.165, 1.54) is 18.5 Å². The van der Waals surface area contributed by atoms with Gasteiger partial charge in [-0.15, -0.1) is 0 Å². The topological polar surface area (TPSA) is 128 Å². The molecule has 0 aliphatic carbocycles. The Hall–Kier alpha value is -4.94. The lowest BCUT2D eigenvalue weighted by Crippen LogP contribution is -2.40. The van der Waals surface area contributed by atoms with Crippen molar-refractivity contribution in [1.82, 2.24) is 30.0 Å². The van der Waals surface area contributed by atoms with E-state index in [4.69, 9.17) is 15.6 Å². The van der Waals surface area contributed by atoms with Crippen LogP contribution in [0.1, 0.15) is 47.3 Å². The molecule has 3 heterocycles. The van der Waals surface area contributed by atoms with Crippen LogP contribution >= 0.6 is 0 Å². The van der Waals surface area contributed by atoms with Gasteiger partial charge in [0.05, 0.1) is 23.6 Å². The van der Waals surface area contributed by atoms with E-state index in [2.05, 4.69) is 21.9 Å². The number of carbonyl (C=O) groups excluding carboxylic acids is 2. The smallest absolute Gasteiger partial charge is 0.419 e. The molecule has 10 nitrogen and oxygen atoms in total. The molecule has 1 atom stereocenters. The maximum absolute atomic E-state index is 13.5. The van der Waals surface area contributed by atoms with E-state index >= 15 is 0 Å². The molecular formula is C30H30F3N7O3. The highest BCUT2D eigenvalue weighted by Gasteiger charge is 2.35. The number of hydrogen-bond acceptors (Lipinski definition) is 7. The van der Waals surface area contributed by atoms with E-state index in [1.807, 2.05) is 12.1 Å². The molecule has 0 radical (unpaired) electrons. The van der Waals surface area contributed by atoms with Gasteiger partial charge in [0.25, 0.3) is 5.91 Å². The van der Waals surface area contributed by atoms with E-state index in [1.54, 1.807) is 28.6 Å². The number of benzene rings is 2. The summed E-state index contributed by atoms with van der Waals surface area (Å²) in [7, 11) is 0. The third kappa shape index (κ3) is 6.15. The Kier molecular flexibility index (Phi) is 8.33. The third-order valence-corrected chi connectivity index (χ3v) is 7.27. The van der Waals surface area contributed by atoms with Crippen molar-refractivity contribution in [3.8, 4) is 17.0 Å². The first kappa shape index (κ1) is 29.5. The Morgan fingerprint density at radius 1 is 1.19 bits per heavy atom. The van der Waals surface area contributed by atoms with Crippen LogP contribution in [0.2, 0.25) is 0 Å². The molecule has 13 heteroatoms. The zero-order valence-electron chi connectivity index (χ0n) is 23.4. The van der Waals surface area contributed by atoms with Gasteiger partial charge in [0, 0.05) is 30.8 Å². The summed E-state index contributed by atoms with van der Waals surface area (Å²) in [6.07, 6.45) is -0.379. The van der Waals surface area contributed by atoms with E-state index in [0.717, 1.165) is 36.1 Å². The van der Waals surface area contributed by atoms with Crippen molar-refractivity contribution in [3.63, 3.8) is 0 Å². The predicted octanol–water partition coefficient (Wildman–Crippen LogP) is 4.77. The van der Waals surface area contributed by atoms with Gasteiger partial charge in [-0.25, -0.2) is 14.6 Å². The van der Waals surface area contributed by atoms with Crippen LogP contribution in [-0.4, -0.2) is 56.2 Å². The van der Waals surface area contributed by atoms with Crippen LogP contribution in [0, 0.1) is 0 Å². The molecular weight excluding hydrogens is 563 g/mol. The number of anilines is 1. The van der Waals surface area contributed by atoms with Crippen molar-refractivity contribution in [1.29, 1.82) is 0 Å². The fourth-order valence-electron chi connectivity index (χ4n) is 5.17. The van der Waals surface area contributed by atoms with Gasteiger partial charge in [-0.05, 0) is 49.6 Å². The standard InChI is InChI=1S/C30H30F3N7O3/c1-3-24(41)39-13-5-6-21(16-39)40-28-25(27(34)36-17-37-28)26(38-40)19-9-7-18(8-10-19)15-35-29(42)20-11-12-23(43-4-2)22(14-20)30(31,32)33/h3,7-12,14,17,21H,1,4-6,13,15-16H2,2H3,(H,35,42)(H2,34,36,37). The van der Waals surface area contributed by atoms with Gasteiger partial charge in [-0.1, -0.05) is 30.8 Å². The minimum absolute atomic E-state index is 0.0657. The summed E-state index contributed by atoms with van der Waals surface area (Å²) >= 11 is 0. The molecule has 0 saturated carbocycles. The highest BCUT2D eigenvalue weighted by Crippen LogP contribution is 2.37. The number of hydrogen-bond donors (Lipinski definition) is 2. The molecule has 3 N–H and O–H groups in total. The third-order valence-electron chi connectivity index (χ3n) is 7.27. The first-order chi connectivity index (χ1) is 20.6. The maximum atomic E-state index is 13.5. The van der Waals surface area contributed by atoms with Gasteiger partial charge < -0.3 is 20.7 Å². The molecule has 1 fully saturated rings. The van der Waals surface area contributed by atoms with Crippen LogP contribution in [0.25, 0.3) is 22.3 Å². The number of fused-ring (bicyclic) bond motifs is 1. The monoisotopic (exact) mass is 593 g/mol. The first-order valence-corrected chi connectivity index (χ1v) is 13.7. The molecule has 1 unspecified atom stereocenters. The summed E-state index contributed by atoms with van der Waals surface area (Å²) in [5, 5.41) is 8.11. The van der Waals surface area contributed by atoms with Crippen molar-refractivity contribution < 1.29 is 27.5 Å². The van der Waals surface area contributed by atoms with Crippen molar-refractivity contribution in [2.24, 2.45) is 0 Å². The normalized spacial score (nSPS) is 15.3. The highest BCUT2D eigenvalue weighted by molar-refractivity contribution is 5.98. The lowest BCUT2D eigenvalue weighted by Gasteiger charge is -2.32. The van der Waals surface area contributed by atoms with Crippen molar-refractivity contribution in [3.05, 3.63) is 78.1 Å². The van der Waals surface area contributed by atoms with Gasteiger partial charge in [-0.3, -0.25) is 9.59 Å². The van der Waals surface area contributed by atoms with Crippen LogP contribution in [0.15, 0.2) is 61.4 Å². The average Bonchev–Trinajstić information content (AvgIpc) is 3.40. The summed E-state index contributed by atoms with van der Waals surface area (Å²) in [5.41, 5.74) is 7.71. The second-order valence-corrected chi connectivity index (χ2v) is 10.1. The van der Waals surface area contributed by atoms with Crippen LogP contribution in [0.3, 0.4) is 0 Å². The minimum atomic E-state index is -4.67. The fourth-order valence-corrected chi connectivity index (χ4v) is 5.17. The second-order valence-electron chi connectivity index (χ2n) is 10.1. The lowest BCUT2D eigenvalue weighted by molar-refractivity contribution is -0.139.